The minimum Gasteiger partial charge on any atom is -0.497 e. The number of carboxylic acids is 1. The van der Waals surface area contributed by atoms with Crippen molar-refractivity contribution >= 4 is 23.6 Å². The minimum absolute atomic E-state index is 0.0634. The smallest absolute Gasteiger partial charge is 0.325 e. The minimum atomic E-state index is -1.23. The molecule has 2 fully saturated rings. The third kappa shape index (κ3) is 2.69. The van der Waals surface area contributed by atoms with E-state index in [1.165, 1.54) is 16.7 Å². The maximum atomic E-state index is 12.0. The van der Waals surface area contributed by atoms with E-state index in [2.05, 4.69) is 0 Å². The van der Waals surface area contributed by atoms with Gasteiger partial charge in [-0.05, 0) is 31.2 Å². The Kier molecular flexibility index (Phi) is 4.35. The molecule has 4 atom stereocenters. The van der Waals surface area contributed by atoms with Crippen LogP contribution in [0.2, 0.25) is 0 Å². The van der Waals surface area contributed by atoms with Gasteiger partial charge in [0.2, 0.25) is 5.91 Å². The topological polar surface area (TPSA) is 96.3 Å². The molecule has 2 heterocycles. The summed E-state index contributed by atoms with van der Waals surface area (Å²) in [5, 5.41) is 19.1. The van der Waals surface area contributed by atoms with Crippen LogP contribution in [0.15, 0.2) is 24.3 Å². The predicted molar refractivity (Wildman–Crippen MR) is 87.1 cm³/mol. The van der Waals surface area contributed by atoms with Gasteiger partial charge in [0.05, 0.1) is 31.1 Å². The lowest BCUT2D eigenvalue weighted by Crippen LogP contribution is -2.60. The molecule has 2 aliphatic rings. The summed E-state index contributed by atoms with van der Waals surface area (Å²) in [6.45, 7) is 1.57. The summed E-state index contributed by atoms with van der Waals surface area (Å²) < 4.78 is 9.49. The molecule has 0 saturated carbocycles. The van der Waals surface area contributed by atoms with Gasteiger partial charge in [-0.2, -0.15) is 0 Å². The zero-order chi connectivity index (χ0) is 17.5. The van der Waals surface area contributed by atoms with Gasteiger partial charge >= 0.3 is 5.97 Å². The first kappa shape index (κ1) is 16.9. The molecule has 8 heteroatoms. The standard InChI is InChI=1S/C16H19NO6S/c1-9(18)12-13(19)17-7-16(15(20)21,24-14(12)17)8-23-11-5-3-10(22-2)4-6-11/h3-6,9,12,14,18H,7-8H2,1-2H3,(H,20,21)/t9-,12+,14-,16?/m1/s1. The number of nitrogens with zero attached hydrogens (tertiary/aromatic N) is 1. The molecule has 0 bridgehead atoms. The summed E-state index contributed by atoms with van der Waals surface area (Å²) in [6, 6.07) is 6.86. The molecule has 2 saturated heterocycles. The van der Waals surface area contributed by atoms with Crippen LogP contribution in [0, 0.1) is 5.92 Å². The lowest BCUT2D eigenvalue weighted by Gasteiger charge is -2.42. The zero-order valence-corrected chi connectivity index (χ0v) is 14.2. The van der Waals surface area contributed by atoms with E-state index in [-0.39, 0.29) is 24.4 Å². The molecule has 0 aromatic heterocycles. The van der Waals surface area contributed by atoms with Crippen LogP contribution in [-0.4, -0.2) is 63.5 Å². The van der Waals surface area contributed by atoms with Crippen molar-refractivity contribution in [2.45, 2.75) is 23.1 Å². The number of carbonyl (C=O) groups is 2. The van der Waals surface area contributed by atoms with E-state index in [1.807, 2.05) is 0 Å². The first-order chi connectivity index (χ1) is 11.4. The lowest BCUT2D eigenvalue weighted by molar-refractivity contribution is -0.156. The molecule has 3 rings (SSSR count). The Hall–Kier alpha value is -1.93. The summed E-state index contributed by atoms with van der Waals surface area (Å²) in [5.74, 6) is -0.551. The fraction of sp³-hybridized carbons (Fsp3) is 0.500. The van der Waals surface area contributed by atoms with Gasteiger partial charge in [-0.15, -0.1) is 11.8 Å². The summed E-state index contributed by atoms with van der Waals surface area (Å²) in [4.78, 5) is 25.4. The van der Waals surface area contributed by atoms with E-state index in [4.69, 9.17) is 9.47 Å². The van der Waals surface area contributed by atoms with E-state index < -0.39 is 22.7 Å². The highest BCUT2D eigenvalue weighted by atomic mass is 32.2. The molecule has 1 aromatic carbocycles. The van der Waals surface area contributed by atoms with Gasteiger partial charge in [-0.25, -0.2) is 0 Å². The molecule has 24 heavy (non-hydrogen) atoms. The van der Waals surface area contributed by atoms with E-state index in [0.717, 1.165) is 0 Å². The highest BCUT2D eigenvalue weighted by Gasteiger charge is 2.63. The number of fused-ring (bicyclic) bond motifs is 1. The van der Waals surface area contributed by atoms with Crippen molar-refractivity contribution in [3.8, 4) is 11.5 Å². The quantitative estimate of drug-likeness (QED) is 0.731. The molecule has 0 spiro atoms. The number of hydrogen-bond donors (Lipinski definition) is 2. The Morgan fingerprint density at radius 2 is 2.04 bits per heavy atom. The number of amides is 1. The Morgan fingerprint density at radius 3 is 2.58 bits per heavy atom. The van der Waals surface area contributed by atoms with Gasteiger partial charge in [0.15, 0.2) is 4.75 Å². The maximum absolute atomic E-state index is 12.0. The van der Waals surface area contributed by atoms with Crippen LogP contribution in [0.5, 0.6) is 11.5 Å². The molecule has 1 unspecified atom stereocenters. The summed E-state index contributed by atoms with van der Waals surface area (Å²) in [6.07, 6.45) is -0.793. The van der Waals surface area contributed by atoms with Crippen molar-refractivity contribution in [1.82, 2.24) is 4.90 Å². The first-order valence-electron chi connectivity index (χ1n) is 7.54. The van der Waals surface area contributed by atoms with Crippen molar-refractivity contribution < 1.29 is 29.3 Å². The number of aliphatic carboxylic acids is 1. The lowest BCUT2D eigenvalue weighted by atomic mass is 9.92. The molecule has 1 amide bonds. The molecule has 1 aromatic rings. The van der Waals surface area contributed by atoms with E-state index >= 15 is 0 Å². The van der Waals surface area contributed by atoms with Crippen LogP contribution in [-0.2, 0) is 9.59 Å². The number of methoxy groups -OCH3 is 1. The van der Waals surface area contributed by atoms with Gasteiger partial charge < -0.3 is 24.6 Å². The van der Waals surface area contributed by atoms with Crippen molar-refractivity contribution in [2.75, 3.05) is 20.3 Å². The molecule has 2 aliphatic heterocycles. The normalized spacial score (nSPS) is 29.6. The third-order valence-corrected chi connectivity index (χ3v) is 6.06. The third-order valence-electron chi connectivity index (χ3n) is 4.40. The Bertz CT molecular complexity index is 648. The predicted octanol–water partition coefficient (Wildman–Crippen LogP) is 0.810. The van der Waals surface area contributed by atoms with Crippen LogP contribution in [0.25, 0.3) is 0 Å². The SMILES string of the molecule is COc1ccc(OCC2(C(=O)O)CN3C(=O)[C@H]([C@@H](C)O)[C@H]3S2)cc1. The van der Waals surface area contributed by atoms with Crippen molar-refractivity contribution in [3.05, 3.63) is 24.3 Å². The van der Waals surface area contributed by atoms with Gasteiger partial charge in [0.1, 0.15) is 18.1 Å². The average molecular weight is 353 g/mol. The Balaban J connectivity index is 1.71. The van der Waals surface area contributed by atoms with Gasteiger partial charge in [0.25, 0.3) is 0 Å². The summed E-state index contributed by atoms with van der Waals surface area (Å²) >= 11 is 1.18. The molecule has 2 N–H and O–H groups in total. The molecule has 0 radical (unpaired) electrons. The Labute approximate surface area is 143 Å². The second kappa shape index (κ2) is 6.18. The second-order valence-electron chi connectivity index (χ2n) is 6.00. The van der Waals surface area contributed by atoms with Gasteiger partial charge in [-0.1, -0.05) is 0 Å². The van der Waals surface area contributed by atoms with Crippen LogP contribution >= 0.6 is 11.8 Å². The van der Waals surface area contributed by atoms with Gasteiger partial charge in [-0.3, -0.25) is 9.59 Å². The number of thioether (sulfide) groups is 1. The number of benzene rings is 1. The summed E-state index contributed by atoms with van der Waals surface area (Å²) in [5.41, 5.74) is 0. The monoisotopic (exact) mass is 353 g/mol. The second-order valence-corrected chi connectivity index (χ2v) is 7.50. The molecule has 7 nitrogen and oxygen atoms in total. The maximum Gasteiger partial charge on any atom is 0.325 e. The van der Waals surface area contributed by atoms with E-state index in [9.17, 15) is 19.8 Å². The van der Waals surface area contributed by atoms with Crippen LogP contribution < -0.4 is 9.47 Å². The molecule has 0 aliphatic carbocycles. The van der Waals surface area contributed by atoms with Crippen molar-refractivity contribution in [3.63, 3.8) is 0 Å². The fourth-order valence-electron chi connectivity index (χ4n) is 2.97. The van der Waals surface area contributed by atoms with Crippen molar-refractivity contribution in [2.24, 2.45) is 5.92 Å². The number of carboxylic acid groups (broad SMARTS) is 1. The number of hydrogen-bond acceptors (Lipinski definition) is 6. The number of aliphatic hydroxyl groups is 1. The number of rotatable bonds is 6. The highest BCUT2D eigenvalue weighted by Crippen LogP contribution is 2.50. The van der Waals surface area contributed by atoms with E-state index in [1.54, 1.807) is 38.3 Å². The molecular formula is C16H19NO6S. The van der Waals surface area contributed by atoms with Crippen LogP contribution in [0.3, 0.4) is 0 Å². The average Bonchev–Trinajstić information content (AvgIpc) is 2.89. The molecule has 130 valence electrons. The number of ether oxygens (including phenoxy) is 2. The Morgan fingerprint density at radius 1 is 1.42 bits per heavy atom. The van der Waals surface area contributed by atoms with Gasteiger partial charge in [0, 0.05) is 0 Å². The molecular weight excluding hydrogens is 334 g/mol. The van der Waals surface area contributed by atoms with Crippen LogP contribution in [0.1, 0.15) is 6.92 Å². The fourth-order valence-corrected chi connectivity index (χ4v) is 4.67. The van der Waals surface area contributed by atoms with E-state index in [0.29, 0.717) is 11.5 Å². The highest BCUT2D eigenvalue weighted by molar-refractivity contribution is 8.02. The van der Waals surface area contributed by atoms with Crippen molar-refractivity contribution in [1.29, 1.82) is 0 Å². The first-order valence-corrected chi connectivity index (χ1v) is 8.42. The number of carbonyl (C=O) groups excluding carboxylic acids is 1. The zero-order valence-electron chi connectivity index (χ0n) is 13.3. The number of β-lactam (4-membered cyclic amide) rings is 1. The van der Waals surface area contributed by atoms with Crippen LogP contribution in [0.4, 0.5) is 0 Å². The summed E-state index contributed by atoms with van der Waals surface area (Å²) in [7, 11) is 1.56. The largest absolute Gasteiger partial charge is 0.497 e. The number of aliphatic hydroxyl groups excluding tert-OH is 1.